The molecule has 2 saturated carbocycles. The molecule has 2 aromatic carbocycles. The number of hydrogen-bond donors (Lipinski definition) is 0. The van der Waals surface area contributed by atoms with Gasteiger partial charge in [0.2, 0.25) is 0 Å². The second kappa shape index (κ2) is 11.6. The Morgan fingerprint density at radius 3 is 2.55 bits per heavy atom. The average Bonchev–Trinajstić information content (AvgIpc) is 2.82. The Morgan fingerprint density at radius 2 is 1.73 bits per heavy atom. The quantitative estimate of drug-likeness (QED) is 0.248. The second-order valence-corrected chi connectivity index (χ2v) is 10.9. The van der Waals surface area contributed by atoms with Gasteiger partial charge in [0.25, 0.3) is 0 Å². The Balaban J connectivity index is 1.39. The number of benzene rings is 2. The topological polar surface area (TPSA) is 0 Å². The summed E-state index contributed by atoms with van der Waals surface area (Å²) in [5.41, 5.74) is 1.66. The summed E-state index contributed by atoms with van der Waals surface area (Å²) in [6.07, 6.45) is 19.0. The molecule has 0 aromatic heterocycles. The Labute approximate surface area is 199 Å². The predicted octanol–water partition coefficient (Wildman–Crippen LogP) is 9.90. The molecule has 0 N–H and O–H groups in total. The minimum atomic E-state index is -0.418. The van der Waals surface area contributed by atoms with Crippen molar-refractivity contribution in [1.29, 1.82) is 0 Å². The van der Waals surface area contributed by atoms with E-state index >= 15 is 4.39 Å². The van der Waals surface area contributed by atoms with Crippen LogP contribution in [-0.2, 0) is 6.42 Å². The number of hydrogen-bond acceptors (Lipinski definition) is 0. The van der Waals surface area contributed by atoms with E-state index in [1.807, 2.05) is 24.3 Å². The molecule has 0 heterocycles. The van der Waals surface area contributed by atoms with E-state index in [1.165, 1.54) is 70.3 Å². The van der Waals surface area contributed by atoms with Crippen LogP contribution in [0.1, 0.15) is 107 Å². The normalized spacial score (nSPS) is 25.2. The Bertz CT molecular complexity index is 930. The molecule has 4 atom stereocenters. The molecular formula is C31H42F2. The molecule has 0 nitrogen and oxygen atoms in total. The maximum absolute atomic E-state index is 15.6. The smallest absolute Gasteiger partial charge is 0.137 e. The van der Waals surface area contributed by atoms with Crippen molar-refractivity contribution >= 4 is 10.8 Å². The van der Waals surface area contributed by atoms with Crippen LogP contribution in [-0.4, -0.2) is 0 Å². The summed E-state index contributed by atoms with van der Waals surface area (Å²) in [4.78, 5) is 0. The zero-order chi connectivity index (χ0) is 23.2. The van der Waals surface area contributed by atoms with Crippen LogP contribution in [0, 0.1) is 29.4 Å². The van der Waals surface area contributed by atoms with Gasteiger partial charge in [-0.2, -0.15) is 0 Å². The number of halogens is 2. The van der Waals surface area contributed by atoms with E-state index in [0.29, 0.717) is 5.39 Å². The molecular weight excluding hydrogens is 410 g/mol. The van der Waals surface area contributed by atoms with Crippen molar-refractivity contribution in [2.24, 2.45) is 17.8 Å². The van der Waals surface area contributed by atoms with Gasteiger partial charge in [-0.25, -0.2) is 8.78 Å². The lowest BCUT2D eigenvalue weighted by molar-refractivity contribution is 0.112. The average molecular weight is 453 g/mol. The summed E-state index contributed by atoms with van der Waals surface area (Å²) in [6, 6.07) is 7.34. The summed E-state index contributed by atoms with van der Waals surface area (Å²) in [7, 11) is 0. The lowest BCUT2D eigenvalue weighted by atomic mass is 9.63. The Hall–Kier alpha value is -1.70. The zero-order valence-corrected chi connectivity index (χ0v) is 20.6. The second-order valence-electron chi connectivity index (χ2n) is 10.9. The molecule has 2 aliphatic carbocycles. The highest BCUT2D eigenvalue weighted by molar-refractivity contribution is 5.85. The summed E-state index contributed by atoms with van der Waals surface area (Å²) >= 11 is 0. The highest BCUT2D eigenvalue weighted by Crippen LogP contribution is 2.49. The SMILES string of the molecule is C=CCCc1cc(F)c2c(F)c(C3CCC4CC(CCCCCCC)CCC4C3)ccc2c1. The molecule has 180 valence electrons. The van der Waals surface area contributed by atoms with Gasteiger partial charge >= 0.3 is 0 Å². The van der Waals surface area contributed by atoms with Crippen LogP contribution in [0.15, 0.2) is 36.9 Å². The minimum Gasteiger partial charge on any atom is -0.206 e. The van der Waals surface area contributed by atoms with Crippen molar-refractivity contribution < 1.29 is 8.78 Å². The first-order valence-corrected chi connectivity index (χ1v) is 13.6. The molecule has 2 aliphatic rings. The fourth-order valence-corrected chi connectivity index (χ4v) is 6.74. The Morgan fingerprint density at radius 1 is 0.939 bits per heavy atom. The number of allylic oxidation sites excluding steroid dienone is 1. The number of aryl methyl sites for hydroxylation is 1. The third-order valence-corrected chi connectivity index (χ3v) is 8.61. The maximum atomic E-state index is 15.6. The third kappa shape index (κ3) is 5.87. The Kier molecular flexibility index (Phi) is 8.61. The van der Waals surface area contributed by atoms with Gasteiger partial charge in [-0.3, -0.25) is 0 Å². The van der Waals surface area contributed by atoms with Crippen LogP contribution < -0.4 is 0 Å². The van der Waals surface area contributed by atoms with Crippen LogP contribution in [0.25, 0.3) is 10.8 Å². The summed E-state index contributed by atoms with van der Waals surface area (Å²) in [6.45, 7) is 6.02. The van der Waals surface area contributed by atoms with Crippen molar-refractivity contribution in [1.82, 2.24) is 0 Å². The van der Waals surface area contributed by atoms with Crippen molar-refractivity contribution in [3.8, 4) is 0 Å². The monoisotopic (exact) mass is 452 g/mol. The first kappa shape index (κ1) is 24.4. The van der Waals surface area contributed by atoms with Crippen molar-refractivity contribution in [3.05, 3.63) is 59.7 Å². The van der Waals surface area contributed by atoms with Gasteiger partial charge in [0.1, 0.15) is 11.6 Å². The van der Waals surface area contributed by atoms with Gasteiger partial charge < -0.3 is 0 Å². The predicted molar refractivity (Wildman–Crippen MR) is 137 cm³/mol. The minimum absolute atomic E-state index is 0.184. The van der Waals surface area contributed by atoms with E-state index in [9.17, 15) is 4.39 Å². The lowest BCUT2D eigenvalue weighted by Gasteiger charge is -2.42. The molecule has 0 spiro atoms. The van der Waals surface area contributed by atoms with Crippen LogP contribution in [0.4, 0.5) is 8.78 Å². The van der Waals surface area contributed by atoms with Gasteiger partial charge in [-0.05, 0) is 91.2 Å². The molecule has 4 unspecified atom stereocenters. The molecule has 0 radical (unpaired) electrons. The van der Waals surface area contributed by atoms with Crippen LogP contribution in [0.2, 0.25) is 0 Å². The number of unbranched alkanes of at least 4 members (excludes halogenated alkanes) is 4. The van der Waals surface area contributed by atoms with Crippen LogP contribution in [0.5, 0.6) is 0 Å². The first-order valence-electron chi connectivity index (χ1n) is 13.6. The van der Waals surface area contributed by atoms with E-state index in [2.05, 4.69) is 13.5 Å². The van der Waals surface area contributed by atoms with Gasteiger partial charge in [-0.1, -0.05) is 76.1 Å². The van der Waals surface area contributed by atoms with E-state index in [1.54, 1.807) is 0 Å². The molecule has 2 aromatic rings. The third-order valence-electron chi connectivity index (χ3n) is 8.61. The molecule has 0 amide bonds. The van der Waals surface area contributed by atoms with E-state index < -0.39 is 5.82 Å². The molecule has 4 rings (SSSR count). The van der Waals surface area contributed by atoms with E-state index in [0.717, 1.165) is 54.6 Å². The van der Waals surface area contributed by atoms with Gasteiger partial charge in [0, 0.05) is 0 Å². The van der Waals surface area contributed by atoms with Gasteiger partial charge in [0.05, 0.1) is 5.39 Å². The lowest BCUT2D eigenvalue weighted by Crippen LogP contribution is -2.30. The van der Waals surface area contributed by atoms with Gasteiger partial charge in [-0.15, -0.1) is 6.58 Å². The standard InChI is InChI=1S/C31H42F2/c1-3-5-7-8-9-11-22-12-13-25-21-26(15-14-24(25)18-22)28-17-16-27-19-23(10-6-4-2)20-29(32)30(27)31(28)33/h4,16-17,19-20,22,24-26H,2-3,5-15,18,21H2,1H3. The number of rotatable bonds is 10. The first-order chi connectivity index (χ1) is 16.1. The van der Waals surface area contributed by atoms with Crippen LogP contribution >= 0.6 is 0 Å². The molecule has 33 heavy (non-hydrogen) atoms. The molecule has 2 heteroatoms. The molecule has 0 saturated heterocycles. The highest BCUT2D eigenvalue weighted by atomic mass is 19.1. The maximum Gasteiger partial charge on any atom is 0.137 e. The van der Waals surface area contributed by atoms with E-state index in [-0.39, 0.29) is 17.1 Å². The summed E-state index contributed by atoms with van der Waals surface area (Å²) in [5.74, 6) is 1.96. The molecule has 0 bridgehead atoms. The summed E-state index contributed by atoms with van der Waals surface area (Å²) in [5, 5.41) is 0.868. The van der Waals surface area contributed by atoms with Crippen molar-refractivity contribution in [3.63, 3.8) is 0 Å². The number of fused-ring (bicyclic) bond motifs is 2. The fraction of sp³-hybridized carbons (Fsp3) is 0.613. The molecule has 0 aliphatic heterocycles. The zero-order valence-electron chi connectivity index (χ0n) is 20.6. The van der Waals surface area contributed by atoms with Gasteiger partial charge in [0.15, 0.2) is 0 Å². The molecule has 2 fully saturated rings. The van der Waals surface area contributed by atoms with Crippen molar-refractivity contribution in [2.75, 3.05) is 0 Å². The highest BCUT2D eigenvalue weighted by Gasteiger charge is 2.36. The van der Waals surface area contributed by atoms with Crippen molar-refractivity contribution in [2.45, 2.75) is 103 Å². The summed E-state index contributed by atoms with van der Waals surface area (Å²) < 4.78 is 30.5. The fourth-order valence-electron chi connectivity index (χ4n) is 6.74. The van der Waals surface area contributed by atoms with Crippen LogP contribution in [0.3, 0.4) is 0 Å². The largest absolute Gasteiger partial charge is 0.206 e. The van der Waals surface area contributed by atoms with E-state index in [4.69, 9.17) is 0 Å².